The molecule has 0 saturated heterocycles. The summed E-state index contributed by atoms with van der Waals surface area (Å²) in [6.45, 7) is 0. The van der Waals surface area contributed by atoms with Crippen LogP contribution in [0.3, 0.4) is 0 Å². The lowest BCUT2D eigenvalue weighted by atomic mass is 10.2. The average molecular weight is 287 g/mol. The van der Waals surface area contributed by atoms with E-state index in [9.17, 15) is 14.4 Å². The van der Waals surface area contributed by atoms with Crippen molar-refractivity contribution in [2.24, 2.45) is 5.73 Å². The minimum Gasteiger partial charge on any atom is -0.480 e. The Balaban J connectivity index is 2.08. The summed E-state index contributed by atoms with van der Waals surface area (Å²) in [6, 6.07) is 9.08. The topological polar surface area (TPSA) is 122 Å². The molecular weight excluding hydrogens is 274 g/mol. The highest BCUT2D eigenvalue weighted by Gasteiger charge is 2.19. The van der Waals surface area contributed by atoms with Gasteiger partial charge in [-0.05, 0) is 12.1 Å². The number of para-hydroxylation sites is 1. The van der Waals surface area contributed by atoms with Crippen LogP contribution in [0.5, 0.6) is 0 Å². The molecule has 1 atom stereocenters. The van der Waals surface area contributed by atoms with E-state index in [1.54, 1.807) is 18.2 Å². The van der Waals surface area contributed by atoms with Crippen molar-refractivity contribution in [3.05, 3.63) is 42.1 Å². The zero-order valence-corrected chi connectivity index (χ0v) is 10.9. The number of nitrogens with one attached hydrogen (secondary N) is 1. The molecule has 0 bridgehead atoms. The van der Waals surface area contributed by atoms with Gasteiger partial charge in [0, 0.05) is 5.39 Å². The highest BCUT2D eigenvalue weighted by atomic mass is 16.4. The van der Waals surface area contributed by atoms with Crippen molar-refractivity contribution in [3.8, 4) is 0 Å². The number of amides is 2. The normalized spacial score (nSPS) is 11.9. The molecule has 1 aromatic carbocycles. The van der Waals surface area contributed by atoms with Crippen LogP contribution in [0.1, 0.15) is 16.9 Å². The first-order valence-electron chi connectivity index (χ1n) is 6.16. The molecule has 0 spiro atoms. The number of fused-ring (bicyclic) bond motifs is 1. The molecule has 2 aromatic rings. The molecule has 1 unspecified atom stereocenters. The van der Waals surface area contributed by atoms with E-state index in [1.807, 2.05) is 12.1 Å². The SMILES string of the molecule is NC(CC(=O)NC(=O)c1ccc2ccccc2n1)C(=O)O. The number of hydrogen-bond donors (Lipinski definition) is 3. The van der Waals surface area contributed by atoms with Crippen LogP contribution in [-0.4, -0.2) is 33.9 Å². The Hall–Kier alpha value is -2.80. The quantitative estimate of drug-likeness (QED) is 0.743. The zero-order valence-electron chi connectivity index (χ0n) is 10.9. The van der Waals surface area contributed by atoms with Crippen molar-refractivity contribution in [3.63, 3.8) is 0 Å². The molecular formula is C14H13N3O4. The molecule has 21 heavy (non-hydrogen) atoms. The van der Waals surface area contributed by atoms with Crippen LogP contribution in [0.4, 0.5) is 0 Å². The summed E-state index contributed by atoms with van der Waals surface area (Å²) in [5.41, 5.74) is 5.92. The van der Waals surface area contributed by atoms with Gasteiger partial charge in [0.2, 0.25) is 5.91 Å². The summed E-state index contributed by atoms with van der Waals surface area (Å²) in [6.07, 6.45) is -0.478. The minimum absolute atomic E-state index is 0.0750. The summed E-state index contributed by atoms with van der Waals surface area (Å²) >= 11 is 0. The molecule has 0 aliphatic rings. The van der Waals surface area contributed by atoms with E-state index in [0.717, 1.165) is 5.39 Å². The van der Waals surface area contributed by atoms with Crippen molar-refractivity contribution in [1.29, 1.82) is 0 Å². The van der Waals surface area contributed by atoms with Gasteiger partial charge in [-0.25, -0.2) is 4.98 Å². The van der Waals surface area contributed by atoms with Gasteiger partial charge in [0.25, 0.3) is 5.91 Å². The molecule has 4 N–H and O–H groups in total. The fourth-order valence-corrected chi connectivity index (χ4v) is 1.72. The number of rotatable bonds is 4. The van der Waals surface area contributed by atoms with Gasteiger partial charge < -0.3 is 10.8 Å². The van der Waals surface area contributed by atoms with Gasteiger partial charge in [0.15, 0.2) is 0 Å². The summed E-state index contributed by atoms with van der Waals surface area (Å²) in [7, 11) is 0. The predicted molar refractivity (Wildman–Crippen MR) is 74.4 cm³/mol. The number of hydrogen-bond acceptors (Lipinski definition) is 5. The van der Waals surface area contributed by atoms with E-state index in [2.05, 4.69) is 10.3 Å². The van der Waals surface area contributed by atoms with Crippen LogP contribution >= 0.6 is 0 Å². The maximum Gasteiger partial charge on any atom is 0.321 e. The molecule has 108 valence electrons. The average Bonchev–Trinajstić information content (AvgIpc) is 2.46. The third kappa shape index (κ3) is 3.61. The smallest absolute Gasteiger partial charge is 0.321 e. The van der Waals surface area contributed by atoms with Gasteiger partial charge in [-0.1, -0.05) is 24.3 Å². The number of pyridine rings is 1. The summed E-state index contributed by atoms with van der Waals surface area (Å²) in [5, 5.41) is 11.5. The molecule has 2 amide bonds. The molecule has 2 rings (SSSR count). The number of nitrogens with zero attached hydrogens (tertiary/aromatic N) is 1. The summed E-state index contributed by atoms with van der Waals surface area (Å²) in [5.74, 6) is -2.75. The second kappa shape index (κ2) is 6.10. The Kier molecular flexibility index (Phi) is 4.24. The molecule has 0 aliphatic heterocycles. The van der Waals surface area contributed by atoms with Gasteiger partial charge >= 0.3 is 5.97 Å². The number of carbonyl (C=O) groups excluding carboxylic acids is 2. The fourth-order valence-electron chi connectivity index (χ4n) is 1.72. The minimum atomic E-state index is -1.35. The monoisotopic (exact) mass is 287 g/mol. The lowest BCUT2D eigenvalue weighted by molar-refractivity contribution is -0.140. The predicted octanol–water partition coefficient (Wildman–Crippen LogP) is 0.293. The second-order valence-electron chi connectivity index (χ2n) is 4.42. The Morgan fingerprint density at radius 1 is 1.19 bits per heavy atom. The maximum atomic E-state index is 11.9. The van der Waals surface area contributed by atoms with Crippen LogP contribution in [0, 0.1) is 0 Å². The number of imide groups is 1. The highest BCUT2D eigenvalue weighted by Crippen LogP contribution is 2.11. The largest absolute Gasteiger partial charge is 0.480 e. The zero-order chi connectivity index (χ0) is 15.4. The summed E-state index contributed by atoms with van der Waals surface area (Å²) < 4.78 is 0. The molecule has 0 aliphatic carbocycles. The van der Waals surface area contributed by atoms with Gasteiger partial charge in [0.1, 0.15) is 11.7 Å². The lowest BCUT2D eigenvalue weighted by Crippen LogP contribution is -2.39. The maximum absolute atomic E-state index is 11.9. The summed E-state index contributed by atoms with van der Waals surface area (Å²) in [4.78, 5) is 38.0. The first-order valence-corrected chi connectivity index (χ1v) is 6.16. The molecule has 0 fully saturated rings. The van der Waals surface area contributed by atoms with E-state index in [-0.39, 0.29) is 5.69 Å². The fraction of sp³-hybridized carbons (Fsp3) is 0.143. The van der Waals surface area contributed by atoms with Crippen LogP contribution in [0.25, 0.3) is 10.9 Å². The molecule has 0 radical (unpaired) electrons. The lowest BCUT2D eigenvalue weighted by Gasteiger charge is -2.07. The molecule has 0 saturated carbocycles. The van der Waals surface area contributed by atoms with E-state index >= 15 is 0 Å². The van der Waals surface area contributed by atoms with Gasteiger partial charge in [-0.15, -0.1) is 0 Å². The first-order chi connectivity index (χ1) is 9.97. The molecule has 7 heteroatoms. The van der Waals surface area contributed by atoms with Crippen molar-refractivity contribution >= 4 is 28.7 Å². The van der Waals surface area contributed by atoms with E-state index in [1.165, 1.54) is 6.07 Å². The number of benzene rings is 1. The Labute approximate surface area is 119 Å². The van der Waals surface area contributed by atoms with E-state index in [4.69, 9.17) is 10.8 Å². The van der Waals surface area contributed by atoms with Gasteiger partial charge in [-0.3, -0.25) is 19.7 Å². The Morgan fingerprint density at radius 3 is 2.62 bits per heavy atom. The molecule has 1 aromatic heterocycles. The van der Waals surface area contributed by atoms with Crippen molar-refractivity contribution in [2.45, 2.75) is 12.5 Å². The second-order valence-corrected chi connectivity index (χ2v) is 4.42. The number of aliphatic carboxylic acids is 1. The van der Waals surface area contributed by atoms with E-state index in [0.29, 0.717) is 5.52 Å². The van der Waals surface area contributed by atoms with Crippen LogP contribution in [0.2, 0.25) is 0 Å². The number of nitrogens with two attached hydrogens (primary N) is 1. The molecule has 1 heterocycles. The highest BCUT2D eigenvalue weighted by molar-refractivity contribution is 6.05. The van der Waals surface area contributed by atoms with E-state index < -0.39 is 30.2 Å². The number of aromatic nitrogens is 1. The van der Waals surface area contributed by atoms with Crippen molar-refractivity contribution in [1.82, 2.24) is 10.3 Å². The van der Waals surface area contributed by atoms with Crippen LogP contribution < -0.4 is 11.1 Å². The Bertz CT molecular complexity index is 714. The van der Waals surface area contributed by atoms with Crippen molar-refractivity contribution in [2.75, 3.05) is 0 Å². The third-order valence-corrected chi connectivity index (χ3v) is 2.81. The van der Waals surface area contributed by atoms with Crippen LogP contribution in [0.15, 0.2) is 36.4 Å². The Morgan fingerprint density at radius 2 is 1.90 bits per heavy atom. The third-order valence-electron chi connectivity index (χ3n) is 2.81. The molecule has 7 nitrogen and oxygen atoms in total. The van der Waals surface area contributed by atoms with Gasteiger partial charge in [0.05, 0.1) is 11.9 Å². The number of carbonyl (C=O) groups is 3. The van der Waals surface area contributed by atoms with Crippen LogP contribution in [-0.2, 0) is 9.59 Å². The first kappa shape index (κ1) is 14.6. The van der Waals surface area contributed by atoms with Crippen molar-refractivity contribution < 1.29 is 19.5 Å². The number of carboxylic acid groups (broad SMARTS) is 1. The van der Waals surface area contributed by atoms with Gasteiger partial charge in [-0.2, -0.15) is 0 Å². The standard InChI is InChI=1S/C14H13N3O4/c15-9(14(20)21)7-12(18)17-13(19)11-6-5-8-3-1-2-4-10(8)16-11/h1-6,9H,7,15H2,(H,20,21)(H,17,18,19). The number of carboxylic acids is 1.